The van der Waals surface area contributed by atoms with E-state index in [1.54, 1.807) is 0 Å². The molecule has 0 radical (unpaired) electrons. The zero-order valence-electron chi connectivity index (χ0n) is 28.5. The molecule has 0 atom stereocenters. The van der Waals surface area contributed by atoms with E-state index >= 15 is 0 Å². The average Bonchev–Trinajstić information content (AvgIpc) is 3.59. The van der Waals surface area contributed by atoms with Crippen LogP contribution in [0, 0.1) is 0 Å². The van der Waals surface area contributed by atoms with Crippen molar-refractivity contribution in [1.82, 2.24) is 0 Å². The molecule has 1 heterocycles. The van der Waals surface area contributed by atoms with Gasteiger partial charge in [0, 0.05) is 65.7 Å². The second kappa shape index (κ2) is 13.9. The Hall–Kier alpha value is -6.62. The van der Waals surface area contributed by atoms with Gasteiger partial charge in [-0.1, -0.05) is 115 Å². The van der Waals surface area contributed by atoms with Gasteiger partial charge in [-0.15, -0.1) is 11.3 Å². The molecule has 0 N–H and O–H groups in total. The van der Waals surface area contributed by atoms with Gasteiger partial charge in [-0.3, -0.25) is 0 Å². The number of rotatable bonds is 9. The summed E-state index contributed by atoms with van der Waals surface area (Å²) in [7, 11) is 0. The van der Waals surface area contributed by atoms with E-state index in [4.69, 9.17) is 0 Å². The lowest BCUT2D eigenvalue weighted by Crippen LogP contribution is -2.14. The molecule has 52 heavy (non-hydrogen) atoms. The first-order chi connectivity index (χ1) is 25.8. The van der Waals surface area contributed by atoms with Crippen LogP contribution in [0.1, 0.15) is 0 Å². The Bertz CT molecular complexity index is 2490. The topological polar surface area (TPSA) is 9.72 Å². The van der Waals surface area contributed by atoms with E-state index in [0.717, 1.165) is 51.2 Å². The van der Waals surface area contributed by atoms with Crippen molar-refractivity contribution in [1.29, 1.82) is 0 Å². The quantitative estimate of drug-likeness (QED) is 0.150. The first-order valence-electron chi connectivity index (χ1n) is 17.5. The van der Waals surface area contributed by atoms with Gasteiger partial charge >= 0.3 is 0 Å². The van der Waals surface area contributed by atoms with Crippen molar-refractivity contribution < 1.29 is 0 Å². The van der Waals surface area contributed by atoms with Gasteiger partial charge in [0.15, 0.2) is 0 Å². The van der Waals surface area contributed by atoms with Crippen molar-refractivity contribution in [2.24, 2.45) is 0 Å². The summed E-state index contributed by atoms with van der Waals surface area (Å²) in [6.07, 6.45) is 0. The Morgan fingerprint density at radius 3 is 1.15 bits per heavy atom. The Kier molecular flexibility index (Phi) is 8.41. The molecule has 0 aliphatic rings. The first-order valence-corrected chi connectivity index (χ1v) is 18.3. The minimum Gasteiger partial charge on any atom is -0.310 e. The van der Waals surface area contributed by atoms with Crippen LogP contribution < -0.4 is 14.7 Å². The smallest absolute Gasteiger partial charge is 0.0575 e. The van der Waals surface area contributed by atoms with E-state index in [-0.39, 0.29) is 0 Å². The number of fused-ring (bicyclic) bond motifs is 3. The maximum absolute atomic E-state index is 2.43. The second-order valence-electron chi connectivity index (χ2n) is 12.6. The Labute approximate surface area is 308 Å². The molecule has 0 aliphatic heterocycles. The summed E-state index contributed by atoms with van der Waals surface area (Å²) >= 11 is 1.85. The van der Waals surface area contributed by atoms with E-state index in [1.165, 1.54) is 20.2 Å². The maximum Gasteiger partial charge on any atom is 0.0575 e. The van der Waals surface area contributed by atoms with Crippen molar-refractivity contribution >= 4 is 82.7 Å². The van der Waals surface area contributed by atoms with Crippen LogP contribution in [-0.2, 0) is 0 Å². The molecule has 0 saturated carbocycles. The van der Waals surface area contributed by atoms with E-state index in [0.29, 0.717) is 0 Å². The van der Waals surface area contributed by atoms with Crippen molar-refractivity contribution in [2.45, 2.75) is 0 Å². The maximum atomic E-state index is 2.43. The lowest BCUT2D eigenvalue weighted by atomic mass is 10.1. The molecule has 0 bridgehead atoms. The summed E-state index contributed by atoms with van der Waals surface area (Å²) < 4.78 is 2.50. The fourth-order valence-corrected chi connectivity index (χ4v) is 8.26. The van der Waals surface area contributed by atoms with Crippen LogP contribution >= 0.6 is 11.3 Å². The zero-order chi connectivity index (χ0) is 34.7. The third kappa shape index (κ3) is 5.96. The summed E-state index contributed by atoms with van der Waals surface area (Å²) in [4.78, 5) is 7.11. The van der Waals surface area contributed by atoms with E-state index in [9.17, 15) is 0 Å². The number of benzene rings is 8. The second-order valence-corrected chi connectivity index (χ2v) is 13.7. The number of hydrogen-bond donors (Lipinski definition) is 0. The van der Waals surface area contributed by atoms with Gasteiger partial charge in [-0.05, 0) is 97.1 Å². The highest BCUT2D eigenvalue weighted by atomic mass is 32.1. The lowest BCUT2D eigenvalue weighted by Gasteiger charge is -2.31. The van der Waals surface area contributed by atoms with Crippen LogP contribution in [-0.4, -0.2) is 0 Å². The molecule has 0 unspecified atom stereocenters. The van der Waals surface area contributed by atoms with Gasteiger partial charge in [0.2, 0.25) is 0 Å². The minimum absolute atomic E-state index is 1.07. The Morgan fingerprint density at radius 2 is 0.654 bits per heavy atom. The summed E-state index contributed by atoms with van der Waals surface area (Å²) in [5, 5.41) is 2.49. The van der Waals surface area contributed by atoms with Gasteiger partial charge < -0.3 is 14.7 Å². The molecular weight excluding hydrogens is 651 g/mol. The van der Waals surface area contributed by atoms with Crippen LogP contribution in [0.25, 0.3) is 20.2 Å². The van der Waals surface area contributed by atoms with Crippen molar-refractivity contribution in [3.05, 3.63) is 212 Å². The van der Waals surface area contributed by atoms with Crippen molar-refractivity contribution in [2.75, 3.05) is 14.7 Å². The van der Waals surface area contributed by atoms with Gasteiger partial charge in [-0.2, -0.15) is 0 Å². The van der Waals surface area contributed by atoms with Crippen LogP contribution in [0.4, 0.5) is 51.2 Å². The highest BCUT2D eigenvalue weighted by Gasteiger charge is 2.23. The Balaban J connectivity index is 1.31. The number of nitrogens with zero attached hydrogens (tertiary/aromatic N) is 3. The van der Waals surface area contributed by atoms with E-state index in [2.05, 4.69) is 227 Å². The summed E-state index contributed by atoms with van der Waals surface area (Å²) in [5.74, 6) is 0. The lowest BCUT2D eigenvalue weighted by molar-refractivity contribution is 1.25. The van der Waals surface area contributed by atoms with Gasteiger partial charge in [0.05, 0.1) is 5.69 Å². The number of hydrogen-bond acceptors (Lipinski definition) is 4. The Morgan fingerprint density at radius 1 is 0.269 bits per heavy atom. The number of para-hydroxylation sites is 5. The number of thiophene rings is 1. The molecule has 0 spiro atoms. The first kappa shape index (κ1) is 31.4. The molecule has 0 amide bonds. The fraction of sp³-hybridized carbons (Fsp3) is 0. The van der Waals surface area contributed by atoms with Gasteiger partial charge in [0.25, 0.3) is 0 Å². The predicted octanol–water partition coefficient (Wildman–Crippen LogP) is 14.5. The van der Waals surface area contributed by atoms with Crippen LogP contribution in [0.2, 0.25) is 0 Å². The monoisotopic (exact) mass is 685 g/mol. The van der Waals surface area contributed by atoms with Crippen LogP contribution in [0.15, 0.2) is 212 Å². The normalized spacial score (nSPS) is 11.1. The minimum atomic E-state index is 1.07. The molecule has 4 heteroatoms. The standard InChI is InChI=1S/C48H35N3S/c1-6-19-36(20-7-1)49(37-21-8-2-9-22-37)41-29-18-30-42(33-41)51(40-27-14-5-15-28-40)45-34-43(35-47-48(45)44-31-16-17-32-46(44)52-47)50(38-23-10-3-11-24-38)39-25-12-4-13-26-39/h1-35H. The third-order valence-electron chi connectivity index (χ3n) is 9.36. The van der Waals surface area contributed by atoms with Crippen LogP contribution in [0.3, 0.4) is 0 Å². The molecule has 9 aromatic rings. The van der Waals surface area contributed by atoms with E-state index in [1.807, 2.05) is 11.3 Å². The molecule has 0 aliphatic carbocycles. The number of anilines is 9. The largest absolute Gasteiger partial charge is 0.310 e. The van der Waals surface area contributed by atoms with Crippen LogP contribution in [0.5, 0.6) is 0 Å². The summed E-state index contributed by atoms with van der Waals surface area (Å²) in [5.41, 5.74) is 9.87. The highest BCUT2D eigenvalue weighted by molar-refractivity contribution is 7.26. The average molecular weight is 686 g/mol. The molecule has 0 fully saturated rings. The molecule has 248 valence electrons. The SMILES string of the molecule is c1ccc(N(c2ccccc2)c2cccc(N(c3ccccc3)c3cc(N(c4ccccc4)c4ccccc4)cc4sc5ccccc5c34)c2)cc1. The molecule has 9 rings (SSSR count). The fourth-order valence-electron chi connectivity index (χ4n) is 7.10. The predicted molar refractivity (Wildman–Crippen MR) is 223 cm³/mol. The molecule has 0 saturated heterocycles. The molecule has 1 aromatic heterocycles. The molecule has 3 nitrogen and oxygen atoms in total. The molecular formula is C48H35N3S. The van der Waals surface area contributed by atoms with Gasteiger partial charge in [-0.25, -0.2) is 0 Å². The van der Waals surface area contributed by atoms with Gasteiger partial charge in [0.1, 0.15) is 0 Å². The third-order valence-corrected chi connectivity index (χ3v) is 10.5. The molecule has 8 aromatic carbocycles. The van der Waals surface area contributed by atoms with Crippen molar-refractivity contribution in [3.63, 3.8) is 0 Å². The zero-order valence-corrected chi connectivity index (χ0v) is 29.3. The summed E-state index contributed by atoms with van der Waals surface area (Å²) in [6, 6.07) is 75.7. The highest BCUT2D eigenvalue weighted by Crippen LogP contribution is 2.49. The summed E-state index contributed by atoms with van der Waals surface area (Å²) in [6.45, 7) is 0. The van der Waals surface area contributed by atoms with Crippen molar-refractivity contribution in [3.8, 4) is 0 Å². The van der Waals surface area contributed by atoms with E-state index < -0.39 is 0 Å².